The van der Waals surface area contributed by atoms with Crippen LogP contribution in [0.1, 0.15) is 53.9 Å². The number of anilines is 2. The zero-order valence-corrected chi connectivity index (χ0v) is 22.8. The van der Waals surface area contributed by atoms with E-state index < -0.39 is 27.0 Å². The molecule has 5 rings (SSSR count). The van der Waals surface area contributed by atoms with Gasteiger partial charge in [0.05, 0.1) is 27.1 Å². The number of aromatic nitrogens is 2. The Balaban J connectivity index is 1.41. The summed E-state index contributed by atoms with van der Waals surface area (Å²) in [7, 11) is -3.52. The lowest BCUT2D eigenvalue weighted by atomic mass is 10.0. The Kier molecular flexibility index (Phi) is 7.13. The van der Waals surface area contributed by atoms with E-state index >= 15 is 0 Å². The number of nitrogens with one attached hydrogen (secondary N) is 2. The molecule has 1 unspecified atom stereocenters. The summed E-state index contributed by atoms with van der Waals surface area (Å²) in [6, 6.07) is 11.2. The van der Waals surface area contributed by atoms with E-state index in [1.807, 2.05) is 0 Å². The first-order chi connectivity index (χ1) is 18.6. The molecule has 39 heavy (non-hydrogen) atoms. The number of benzene rings is 2. The van der Waals surface area contributed by atoms with Gasteiger partial charge in [-0.15, -0.1) is 0 Å². The SMILES string of the molecule is CC(C)S(=O)(=O)c1ccccc1Cc1nc(Nc2cccc3c2CN(C2CCC(=O)NC2=O)C3=O)ncc1Cl. The number of fused-ring (bicyclic) bond motifs is 1. The van der Waals surface area contributed by atoms with Crippen LogP contribution in [0.15, 0.2) is 53.6 Å². The summed E-state index contributed by atoms with van der Waals surface area (Å²) < 4.78 is 25.8. The van der Waals surface area contributed by atoms with Crippen molar-refractivity contribution in [1.82, 2.24) is 20.2 Å². The molecule has 1 aromatic heterocycles. The Morgan fingerprint density at radius 2 is 1.90 bits per heavy atom. The monoisotopic (exact) mass is 567 g/mol. The molecule has 3 heterocycles. The number of sulfone groups is 1. The summed E-state index contributed by atoms with van der Waals surface area (Å²) in [5.74, 6) is -0.891. The van der Waals surface area contributed by atoms with Gasteiger partial charge in [0.1, 0.15) is 6.04 Å². The van der Waals surface area contributed by atoms with Gasteiger partial charge in [-0.3, -0.25) is 19.7 Å². The van der Waals surface area contributed by atoms with Gasteiger partial charge in [0.25, 0.3) is 5.91 Å². The van der Waals surface area contributed by atoms with Crippen molar-refractivity contribution in [3.63, 3.8) is 0 Å². The maximum absolute atomic E-state index is 13.1. The number of amides is 3. The summed E-state index contributed by atoms with van der Waals surface area (Å²) in [6.07, 6.45) is 2.05. The van der Waals surface area contributed by atoms with Crippen LogP contribution < -0.4 is 10.6 Å². The van der Waals surface area contributed by atoms with Crippen molar-refractivity contribution in [2.45, 2.75) is 55.8 Å². The van der Waals surface area contributed by atoms with Crippen LogP contribution in [0.2, 0.25) is 5.02 Å². The Morgan fingerprint density at radius 3 is 2.64 bits per heavy atom. The molecule has 2 N–H and O–H groups in total. The number of halogens is 1. The summed E-state index contributed by atoms with van der Waals surface area (Å²) in [4.78, 5) is 47.6. The van der Waals surface area contributed by atoms with Crippen LogP contribution in [0.4, 0.5) is 11.6 Å². The van der Waals surface area contributed by atoms with Gasteiger partial charge in [-0.2, -0.15) is 0 Å². The topological polar surface area (TPSA) is 138 Å². The van der Waals surface area contributed by atoms with E-state index in [1.165, 1.54) is 11.1 Å². The van der Waals surface area contributed by atoms with Crippen molar-refractivity contribution < 1.29 is 22.8 Å². The molecule has 2 aliphatic rings. The number of imide groups is 1. The fourth-order valence-electron chi connectivity index (χ4n) is 4.77. The van der Waals surface area contributed by atoms with Crippen molar-refractivity contribution in [3.05, 3.63) is 76.1 Å². The van der Waals surface area contributed by atoms with Crippen molar-refractivity contribution >= 4 is 50.8 Å². The molecule has 0 bridgehead atoms. The van der Waals surface area contributed by atoms with E-state index in [0.29, 0.717) is 28.1 Å². The van der Waals surface area contributed by atoms with Crippen molar-refractivity contribution in [1.29, 1.82) is 0 Å². The minimum Gasteiger partial charge on any atom is -0.324 e. The minimum absolute atomic E-state index is 0.171. The summed E-state index contributed by atoms with van der Waals surface area (Å²) >= 11 is 6.40. The molecule has 1 fully saturated rings. The number of nitrogens with zero attached hydrogens (tertiary/aromatic N) is 3. The van der Waals surface area contributed by atoms with Crippen molar-refractivity contribution in [3.8, 4) is 0 Å². The van der Waals surface area contributed by atoms with Crippen LogP contribution in [0, 0.1) is 0 Å². The summed E-state index contributed by atoms with van der Waals surface area (Å²) in [5, 5.41) is 5.15. The standard InChI is InChI=1S/C27H26ClN5O5S/c1-15(2)39(37,38)23-9-4-3-6-16(23)12-21-19(28)13-29-27(31-21)30-20-8-5-7-17-18(20)14-33(26(17)36)22-10-11-24(34)32-25(22)35/h3-9,13,15,22H,10-12,14H2,1-2H3,(H,29,30,31)(H,32,34,35). The molecule has 2 aromatic carbocycles. The van der Waals surface area contributed by atoms with Gasteiger partial charge in [-0.1, -0.05) is 35.9 Å². The van der Waals surface area contributed by atoms with E-state index in [-0.39, 0.29) is 53.5 Å². The van der Waals surface area contributed by atoms with Gasteiger partial charge in [0.2, 0.25) is 17.8 Å². The fourth-order valence-corrected chi connectivity index (χ4v) is 6.21. The Hall–Kier alpha value is -3.83. The van der Waals surface area contributed by atoms with Gasteiger partial charge >= 0.3 is 0 Å². The van der Waals surface area contributed by atoms with Crippen molar-refractivity contribution in [2.75, 3.05) is 5.32 Å². The highest BCUT2D eigenvalue weighted by Crippen LogP contribution is 2.33. The van der Waals surface area contributed by atoms with Crippen LogP contribution in [0.25, 0.3) is 0 Å². The Bertz CT molecular complexity index is 1610. The molecule has 2 aliphatic heterocycles. The largest absolute Gasteiger partial charge is 0.324 e. The zero-order valence-electron chi connectivity index (χ0n) is 21.3. The Morgan fingerprint density at radius 1 is 1.13 bits per heavy atom. The molecular weight excluding hydrogens is 542 g/mol. The van der Waals surface area contributed by atoms with Gasteiger partial charge in [-0.05, 0) is 44.0 Å². The Labute approximate surface area is 230 Å². The van der Waals surface area contributed by atoms with Gasteiger partial charge in [0.15, 0.2) is 9.84 Å². The highest BCUT2D eigenvalue weighted by atomic mass is 35.5. The third-order valence-electron chi connectivity index (χ3n) is 6.90. The molecule has 10 nitrogen and oxygen atoms in total. The summed E-state index contributed by atoms with van der Waals surface area (Å²) in [5.41, 5.74) is 2.73. The molecule has 0 saturated carbocycles. The van der Waals surface area contributed by atoms with E-state index in [2.05, 4.69) is 20.6 Å². The number of hydrogen-bond donors (Lipinski definition) is 2. The fraction of sp³-hybridized carbons (Fsp3) is 0.296. The average Bonchev–Trinajstić information content (AvgIpc) is 3.23. The van der Waals surface area contributed by atoms with Gasteiger partial charge < -0.3 is 10.2 Å². The molecule has 3 amide bonds. The number of carbonyl (C=O) groups is 3. The molecule has 3 aromatic rings. The first kappa shape index (κ1) is 26.8. The number of rotatable bonds is 7. The molecule has 0 aliphatic carbocycles. The average molecular weight is 568 g/mol. The second-order valence-corrected chi connectivity index (χ2v) is 12.6. The second-order valence-electron chi connectivity index (χ2n) is 9.72. The highest BCUT2D eigenvalue weighted by Gasteiger charge is 2.40. The first-order valence-corrected chi connectivity index (χ1v) is 14.4. The lowest BCUT2D eigenvalue weighted by Gasteiger charge is -2.29. The van der Waals surface area contributed by atoms with E-state index in [1.54, 1.807) is 56.3 Å². The van der Waals surface area contributed by atoms with Crippen LogP contribution in [0.5, 0.6) is 0 Å². The minimum atomic E-state index is -3.52. The molecule has 12 heteroatoms. The maximum atomic E-state index is 13.1. The van der Waals surface area contributed by atoms with E-state index in [0.717, 1.165) is 0 Å². The number of piperidine rings is 1. The van der Waals surface area contributed by atoms with Crippen LogP contribution in [0.3, 0.4) is 0 Å². The van der Waals surface area contributed by atoms with Crippen LogP contribution in [-0.2, 0) is 32.4 Å². The second kappa shape index (κ2) is 10.4. The van der Waals surface area contributed by atoms with Gasteiger partial charge in [-0.25, -0.2) is 18.4 Å². The summed E-state index contributed by atoms with van der Waals surface area (Å²) in [6.45, 7) is 3.46. The predicted octanol–water partition coefficient (Wildman–Crippen LogP) is 3.41. The smallest absolute Gasteiger partial charge is 0.255 e. The van der Waals surface area contributed by atoms with Crippen LogP contribution in [-0.4, -0.2) is 52.3 Å². The molecule has 0 radical (unpaired) electrons. The third kappa shape index (κ3) is 5.11. The van der Waals surface area contributed by atoms with Gasteiger partial charge in [0, 0.05) is 36.2 Å². The predicted molar refractivity (Wildman–Crippen MR) is 144 cm³/mol. The normalized spacial score (nSPS) is 17.4. The van der Waals surface area contributed by atoms with Crippen LogP contribution >= 0.6 is 11.6 Å². The quantitative estimate of drug-likeness (QED) is 0.414. The molecule has 202 valence electrons. The molecular formula is C27H26ClN5O5S. The molecule has 1 atom stereocenters. The number of hydrogen-bond acceptors (Lipinski definition) is 8. The van der Waals surface area contributed by atoms with E-state index in [4.69, 9.17) is 11.6 Å². The zero-order chi connectivity index (χ0) is 27.9. The first-order valence-electron chi connectivity index (χ1n) is 12.4. The lowest BCUT2D eigenvalue weighted by Crippen LogP contribution is -2.52. The lowest BCUT2D eigenvalue weighted by molar-refractivity contribution is -0.136. The maximum Gasteiger partial charge on any atom is 0.255 e. The van der Waals surface area contributed by atoms with E-state index in [9.17, 15) is 22.8 Å². The highest BCUT2D eigenvalue weighted by molar-refractivity contribution is 7.92. The molecule has 1 saturated heterocycles. The van der Waals surface area contributed by atoms with Crippen molar-refractivity contribution in [2.24, 2.45) is 0 Å². The third-order valence-corrected chi connectivity index (χ3v) is 9.47. The molecule has 0 spiro atoms. The number of carbonyl (C=O) groups excluding carboxylic acids is 3.